The van der Waals surface area contributed by atoms with Crippen LogP contribution in [0.5, 0.6) is 5.75 Å². The first-order valence-corrected chi connectivity index (χ1v) is 10.1. The van der Waals surface area contributed by atoms with Gasteiger partial charge in [0.25, 0.3) is 0 Å². The van der Waals surface area contributed by atoms with E-state index in [9.17, 15) is 14.3 Å². The second kappa shape index (κ2) is 7.80. The van der Waals surface area contributed by atoms with E-state index in [4.69, 9.17) is 18.4 Å². The summed E-state index contributed by atoms with van der Waals surface area (Å²) in [5, 5.41) is 14.6. The molecule has 1 N–H and O–H groups in total. The van der Waals surface area contributed by atoms with Gasteiger partial charge in [-0.15, -0.1) is 0 Å². The van der Waals surface area contributed by atoms with Crippen LogP contribution in [0.1, 0.15) is 40.6 Å². The molecule has 32 heavy (non-hydrogen) atoms. The monoisotopic (exact) mass is 437 g/mol. The van der Waals surface area contributed by atoms with Gasteiger partial charge in [-0.2, -0.15) is 0 Å². The van der Waals surface area contributed by atoms with Crippen LogP contribution in [-0.4, -0.2) is 30.5 Å². The lowest BCUT2D eigenvalue weighted by atomic mass is 9.97. The molecule has 2 aromatic heterocycles. The van der Waals surface area contributed by atoms with Gasteiger partial charge in [0.1, 0.15) is 35.1 Å². The predicted molar refractivity (Wildman–Crippen MR) is 113 cm³/mol. The zero-order valence-electron chi connectivity index (χ0n) is 17.5. The highest BCUT2D eigenvalue weighted by atomic mass is 19.1. The molecule has 1 fully saturated rings. The van der Waals surface area contributed by atoms with Crippen LogP contribution in [0.25, 0.3) is 33.4 Å². The van der Waals surface area contributed by atoms with Gasteiger partial charge in [0.15, 0.2) is 5.76 Å². The summed E-state index contributed by atoms with van der Waals surface area (Å²) in [6.07, 6.45) is 2.05. The number of aromatic nitrogens is 1. The van der Waals surface area contributed by atoms with Crippen molar-refractivity contribution in [2.24, 2.45) is 0 Å². The lowest BCUT2D eigenvalue weighted by Crippen LogP contribution is -1.98. The Morgan fingerprint density at radius 2 is 1.97 bits per heavy atom. The van der Waals surface area contributed by atoms with E-state index in [1.807, 2.05) is 0 Å². The van der Waals surface area contributed by atoms with Gasteiger partial charge in [-0.25, -0.2) is 9.18 Å². The largest absolute Gasteiger partial charge is 0.496 e. The third kappa shape index (κ3) is 3.33. The van der Waals surface area contributed by atoms with Crippen molar-refractivity contribution in [3.63, 3.8) is 0 Å². The molecule has 1 aliphatic rings. The number of hydrogen-bond donors (Lipinski definition) is 1. The average Bonchev–Trinajstić information content (AvgIpc) is 3.43. The number of carboxylic acid groups (broad SMARTS) is 1. The zero-order valence-corrected chi connectivity index (χ0v) is 17.5. The van der Waals surface area contributed by atoms with Gasteiger partial charge in [-0.1, -0.05) is 5.16 Å². The summed E-state index contributed by atoms with van der Waals surface area (Å²) < 4.78 is 35.9. The standard InChI is InChI=1S/C24H20FNO6/c1-29-11-19-20(22(26-32-19)12-3-4-12)15-10-18-16(9-17(15)30-2)21(24(27)28)23(31-18)13-5-7-14(25)8-6-13/h5-10,12H,3-4,11H2,1-2H3,(H,27,28). The van der Waals surface area contributed by atoms with Crippen molar-refractivity contribution in [1.82, 2.24) is 5.16 Å². The van der Waals surface area contributed by atoms with Gasteiger partial charge in [-0.05, 0) is 49.2 Å². The molecular weight excluding hydrogens is 417 g/mol. The number of methoxy groups -OCH3 is 2. The van der Waals surface area contributed by atoms with Crippen LogP contribution in [0, 0.1) is 5.82 Å². The van der Waals surface area contributed by atoms with Crippen LogP contribution in [0.15, 0.2) is 45.3 Å². The molecular formula is C24H20FNO6. The van der Waals surface area contributed by atoms with Crippen LogP contribution in [-0.2, 0) is 11.3 Å². The molecule has 1 aliphatic carbocycles. The Morgan fingerprint density at radius 3 is 2.59 bits per heavy atom. The molecule has 8 heteroatoms. The second-order valence-corrected chi connectivity index (χ2v) is 7.74. The number of nitrogens with zero attached hydrogens (tertiary/aromatic N) is 1. The third-order valence-corrected chi connectivity index (χ3v) is 5.63. The van der Waals surface area contributed by atoms with E-state index in [1.54, 1.807) is 19.2 Å². The van der Waals surface area contributed by atoms with Crippen LogP contribution in [0.4, 0.5) is 4.39 Å². The number of rotatable bonds is 7. The molecule has 0 bridgehead atoms. The van der Waals surface area contributed by atoms with Crippen molar-refractivity contribution < 1.29 is 32.7 Å². The van der Waals surface area contributed by atoms with Gasteiger partial charge >= 0.3 is 5.97 Å². The van der Waals surface area contributed by atoms with Gasteiger partial charge in [0, 0.05) is 29.5 Å². The Morgan fingerprint density at radius 1 is 1.22 bits per heavy atom. The minimum Gasteiger partial charge on any atom is -0.496 e. The smallest absolute Gasteiger partial charge is 0.340 e. The van der Waals surface area contributed by atoms with E-state index in [1.165, 1.54) is 31.4 Å². The highest BCUT2D eigenvalue weighted by Gasteiger charge is 2.34. The van der Waals surface area contributed by atoms with E-state index in [0.29, 0.717) is 39.5 Å². The maximum atomic E-state index is 13.4. The molecule has 0 aliphatic heterocycles. The minimum atomic E-state index is -1.15. The van der Waals surface area contributed by atoms with Crippen molar-refractivity contribution in [3.8, 4) is 28.2 Å². The molecule has 2 heterocycles. The molecule has 0 atom stereocenters. The normalized spacial score (nSPS) is 13.6. The number of carbonyl (C=O) groups is 1. The van der Waals surface area contributed by atoms with Crippen molar-refractivity contribution in [3.05, 3.63) is 59.2 Å². The van der Waals surface area contributed by atoms with Crippen LogP contribution >= 0.6 is 0 Å². The van der Waals surface area contributed by atoms with E-state index < -0.39 is 11.8 Å². The lowest BCUT2D eigenvalue weighted by Gasteiger charge is -2.10. The summed E-state index contributed by atoms with van der Waals surface area (Å²) in [6.45, 7) is 0.232. The van der Waals surface area contributed by atoms with Gasteiger partial charge < -0.3 is 23.5 Å². The molecule has 0 unspecified atom stereocenters. The summed E-state index contributed by atoms with van der Waals surface area (Å²) in [7, 11) is 3.09. The van der Waals surface area contributed by atoms with Crippen LogP contribution < -0.4 is 4.74 Å². The highest BCUT2D eigenvalue weighted by Crippen LogP contribution is 2.48. The lowest BCUT2D eigenvalue weighted by molar-refractivity contribution is 0.0699. The van der Waals surface area contributed by atoms with E-state index in [2.05, 4.69) is 5.16 Å². The SMILES string of the molecule is COCc1onc(C2CC2)c1-c1cc2oc(-c3ccc(F)cc3)c(C(=O)O)c2cc1OC. The molecule has 4 aromatic rings. The molecule has 0 spiro atoms. The van der Waals surface area contributed by atoms with Crippen LogP contribution in [0.2, 0.25) is 0 Å². The molecule has 0 amide bonds. The van der Waals surface area contributed by atoms with E-state index >= 15 is 0 Å². The van der Waals surface area contributed by atoms with Gasteiger partial charge in [0.2, 0.25) is 0 Å². The fourth-order valence-electron chi connectivity index (χ4n) is 4.00. The van der Waals surface area contributed by atoms with Crippen molar-refractivity contribution in [2.75, 3.05) is 14.2 Å². The van der Waals surface area contributed by atoms with Crippen molar-refractivity contribution in [1.29, 1.82) is 0 Å². The molecule has 164 valence electrons. The Bertz CT molecular complexity index is 1320. The Balaban J connectivity index is 1.76. The van der Waals surface area contributed by atoms with Crippen LogP contribution in [0.3, 0.4) is 0 Å². The van der Waals surface area contributed by atoms with E-state index in [0.717, 1.165) is 24.1 Å². The zero-order chi connectivity index (χ0) is 22.4. The van der Waals surface area contributed by atoms with Gasteiger partial charge in [0.05, 0.1) is 18.4 Å². The van der Waals surface area contributed by atoms with E-state index in [-0.39, 0.29) is 17.9 Å². The van der Waals surface area contributed by atoms with Crippen molar-refractivity contribution >= 4 is 16.9 Å². The molecule has 2 aromatic carbocycles. The summed E-state index contributed by atoms with van der Waals surface area (Å²) in [6, 6.07) is 8.88. The number of benzene rings is 2. The summed E-state index contributed by atoms with van der Waals surface area (Å²) >= 11 is 0. The maximum Gasteiger partial charge on any atom is 0.340 e. The second-order valence-electron chi connectivity index (χ2n) is 7.74. The average molecular weight is 437 g/mol. The minimum absolute atomic E-state index is 0.0127. The number of ether oxygens (including phenoxy) is 2. The number of hydrogen-bond acceptors (Lipinski definition) is 6. The fourth-order valence-corrected chi connectivity index (χ4v) is 4.00. The quantitative estimate of drug-likeness (QED) is 0.401. The first kappa shape index (κ1) is 20.3. The Kier molecular flexibility index (Phi) is 4.94. The van der Waals surface area contributed by atoms with Gasteiger partial charge in [-0.3, -0.25) is 0 Å². The topological polar surface area (TPSA) is 94.9 Å². The molecule has 1 saturated carbocycles. The first-order valence-electron chi connectivity index (χ1n) is 10.1. The molecule has 5 rings (SSSR count). The summed E-state index contributed by atoms with van der Waals surface area (Å²) in [4.78, 5) is 12.1. The van der Waals surface area contributed by atoms with Crippen molar-refractivity contribution in [2.45, 2.75) is 25.4 Å². The summed E-state index contributed by atoms with van der Waals surface area (Å²) in [5.41, 5.74) is 3.11. The predicted octanol–water partition coefficient (Wildman–Crippen LogP) is 5.62. The Hall–Kier alpha value is -3.65. The summed E-state index contributed by atoms with van der Waals surface area (Å²) in [5.74, 6) is -0.0833. The fraction of sp³-hybridized carbons (Fsp3) is 0.250. The molecule has 7 nitrogen and oxygen atoms in total. The number of furan rings is 1. The molecule has 0 radical (unpaired) electrons. The number of halogens is 1. The first-order chi connectivity index (χ1) is 15.5. The molecule has 0 saturated heterocycles. The highest BCUT2D eigenvalue weighted by molar-refractivity contribution is 6.09. The maximum absolute atomic E-state index is 13.4. The third-order valence-electron chi connectivity index (χ3n) is 5.63. The number of aromatic carboxylic acids is 1. The number of carboxylic acids is 1. The number of fused-ring (bicyclic) bond motifs is 1. The Labute approximate surface area is 182 Å².